The third kappa shape index (κ3) is 6.11. The zero-order chi connectivity index (χ0) is 19.2. The number of alkyl halides is 3. The lowest BCUT2D eigenvalue weighted by Gasteiger charge is -2.13. The molecular formula is C16H18F3N5O2. The van der Waals surface area contributed by atoms with Gasteiger partial charge in [0.25, 0.3) is 6.20 Å². The van der Waals surface area contributed by atoms with E-state index in [0.717, 1.165) is 24.0 Å². The van der Waals surface area contributed by atoms with Crippen molar-refractivity contribution in [3.8, 4) is 0 Å². The summed E-state index contributed by atoms with van der Waals surface area (Å²) in [4.78, 5) is 14.2. The van der Waals surface area contributed by atoms with Gasteiger partial charge in [-0.2, -0.15) is 13.2 Å². The minimum atomic E-state index is -4.43. The molecule has 2 rings (SSSR count). The van der Waals surface area contributed by atoms with Gasteiger partial charge >= 0.3 is 6.18 Å². The minimum absolute atomic E-state index is 0.0940. The van der Waals surface area contributed by atoms with Crippen LogP contribution < -0.4 is 10.6 Å². The standard InChI is InChI=1S/C16H18F3N5O2/c1-12-9-23(11-21-12)8-2-7-20-15(10-24(25)26)22-14-5-3-13(4-6-14)16(17,18)19/h3-6,9-11,20,22H,2,7-8H2,1H3/b15-10+. The SMILES string of the molecule is Cc1cn(CCCN/C(=C\[N+](=O)[O-])Nc2ccc(C(F)(F)F)cc2)cn1. The summed E-state index contributed by atoms with van der Waals surface area (Å²) < 4.78 is 39.6. The molecule has 0 amide bonds. The second-order valence-electron chi connectivity index (χ2n) is 5.56. The number of anilines is 1. The van der Waals surface area contributed by atoms with Crippen molar-refractivity contribution in [1.82, 2.24) is 14.9 Å². The summed E-state index contributed by atoms with van der Waals surface area (Å²) >= 11 is 0. The Morgan fingerprint density at radius 2 is 2.04 bits per heavy atom. The highest BCUT2D eigenvalue weighted by Crippen LogP contribution is 2.29. The van der Waals surface area contributed by atoms with Crippen molar-refractivity contribution in [1.29, 1.82) is 0 Å². The Labute approximate surface area is 147 Å². The number of aromatic nitrogens is 2. The van der Waals surface area contributed by atoms with Crippen molar-refractivity contribution in [2.24, 2.45) is 0 Å². The van der Waals surface area contributed by atoms with E-state index in [1.54, 1.807) is 6.33 Å². The van der Waals surface area contributed by atoms with Gasteiger partial charge in [-0.25, -0.2) is 4.98 Å². The maximum absolute atomic E-state index is 12.6. The number of nitrogens with zero attached hydrogens (tertiary/aromatic N) is 3. The summed E-state index contributed by atoms with van der Waals surface area (Å²) in [5.41, 5.74) is 0.422. The largest absolute Gasteiger partial charge is 0.416 e. The number of halogens is 3. The topological polar surface area (TPSA) is 85.0 Å². The van der Waals surface area contributed by atoms with Gasteiger partial charge in [-0.15, -0.1) is 0 Å². The molecular weight excluding hydrogens is 351 g/mol. The molecule has 26 heavy (non-hydrogen) atoms. The Morgan fingerprint density at radius 1 is 1.35 bits per heavy atom. The fourth-order valence-electron chi connectivity index (χ4n) is 2.20. The highest BCUT2D eigenvalue weighted by Gasteiger charge is 2.29. The van der Waals surface area contributed by atoms with E-state index >= 15 is 0 Å². The molecule has 0 aliphatic carbocycles. The molecule has 1 heterocycles. The number of aryl methyl sites for hydroxylation is 2. The van der Waals surface area contributed by atoms with Gasteiger partial charge in [0.15, 0.2) is 5.82 Å². The minimum Gasteiger partial charge on any atom is -0.366 e. The smallest absolute Gasteiger partial charge is 0.366 e. The molecule has 0 fully saturated rings. The first-order chi connectivity index (χ1) is 12.2. The summed E-state index contributed by atoms with van der Waals surface area (Å²) in [6.07, 6.45) is 0.568. The number of nitrogens with one attached hydrogen (secondary N) is 2. The molecule has 7 nitrogen and oxygen atoms in total. The van der Waals surface area contributed by atoms with Gasteiger partial charge in [0, 0.05) is 25.0 Å². The van der Waals surface area contributed by atoms with Crippen LogP contribution in [0.3, 0.4) is 0 Å². The highest BCUT2D eigenvalue weighted by molar-refractivity contribution is 5.49. The Kier molecular flexibility index (Phi) is 6.21. The number of benzene rings is 1. The normalized spacial score (nSPS) is 12.1. The summed E-state index contributed by atoms with van der Waals surface area (Å²) in [6, 6.07) is 4.25. The predicted octanol–water partition coefficient (Wildman–Crippen LogP) is 3.38. The van der Waals surface area contributed by atoms with Gasteiger partial charge in [-0.1, -0.05) is 0 Å². The van der Waals surface area contributed by atoms with E-state index in [-0.39, 0.29) is 5.82 Å². The van der Waals surface area contributed by atoms with Gasteiger partial charge < -0.3 is 15.2 Å². The van der Waals surface area contributed by atoms with E-state index in [2.05, 4.69) is 15.6 Å². The van der Waals surface area contributed by atoms with E-state index < -0.39 is 16.7 Å². The third-order valence-electron chi connectivity index (χ3n) is 3.40. The Hall–Kier alpha value is -3.04. The molecule has 2 N–H and O–H groups in total. The van der Waals surface area contributed by atoms with Crippen molar-refractivity contribution < 1.29 is 18.1 Å². The van der Waals surface area contributed by atoms with Gasteiger partial charge in [0.1, 0.15) is 0 Å². The first kappa shape index (κ1) is 19.3. The van der Waals surface area contributed by atoms with E-state index in [4.69, 9.17) is 0 Å². The molecule has 1 aromatic carbocycles. The Morgan fingerprint density at radius 3 is 2.58 bits per heavy atom. The van der Waals surface area contributed by atoms with Crippen molar-refractivity contribution >= 4 is 5.69 Å². The lowest BCUT2D eigenvalue weighted by molar-refractivity contribution is -0.403. The van der Waals surface area contributed by atoms with Gasteiger partial charge in [-0.3, -0.25) is 10.1 Å². The number of imidazole rings is 1. The zero-order valence-corrected chi connectivity index (χ0v) is 14.0. The van der Waals surface area contributed by atoms with Crippen LogP contribution in [0.4, 0.5) is 18.9 Å². The molecule has 0 saturated carbocycles. The molecule has 1 aromatic heterocycles. The molecule has 0 radical (unpaired) electrons. The van der Waals surface area contributed by atoms with Crippen LogP contribution in [0.1, 0.15) is 17.7 Å². The maximum atomic E-state index is 12.6. The molecule has 2 aromatic rings. The van der Waals surface area contributed by atoms with Crippen LogP contribution in [-0.2, 0) is 12.7 Å². The first-order valence-electron chi connectivity index (χ1n) is 7.76. The third-order valence-corrected chi connectivity index (χ3v) is 3.40. The van der Waals surface area contributed by atoms with Gasteiger partial charge in [0.05, 0.1) is 22.5 Å². The summed E-state index contributed by atoms with van der Waals surface area (Å²) in [7, 11) is 0. The molecule has 10 heteroatoms. The molecule has 0 spiro atoms. The first-order valence-corrected chi connectivity index (χ1v) is 7.76. The molecule has 0 aliphatic rings. The van der Waals surface area contributed by atoms with Crippen molar-refractivity contribution in [3.05, 3.63) is 70.2 Å². The lowest BCUT2D eigenvalue weighted by atomic mass is 10.2. The number of hydrogen-bond acceptors (Lipinski definition) is 5. The fourth-order valence-corrected chi connectivity index (χ4v) is 2.20. The maximum Gasteiger partial charge on any atom is 0.416 e. The average Bonchev–Trinajstić information content (AvgIpc) is 2.96. The zero-order valence-electron chi connectivity index (χ0n) is 14.0. The van der Waals surface area contributed by atoms with Crippen molar-refractivity contribution in [2.75, 3.05) is 11.9 Å². The number of hydrogen-bond donors (Lipinski definition) is 2. The Balaban J connectivity index is 1.91. The molecule has 140 valence electrons. The van der Waals surface area contributed by atoms with E-state index in [1.165, 1.54) is 12.1 Å². The van der Waals surface area contributed by atoms with Crippen LogP contribution in [0.2, 0.25) is 0 Å². The highest BCUT2D eigenvalue weighted by atomic mass is 19.4. The molecule has 0 aliphatic heterocycles. The van der Waals surface area contributed by atoms with Crippen LogP contribution in [-0.4, -0.2) is 21.0 Å². The number of nitro groups is 1. The van der Waals surface area contributed by atoms with Crippen LogP contribution in [0.5, 0.6) is 0 Å². The molecule has 0 bridgehead atoms. The lowest BCUT2D eigenvalue weighted by Crippen LogP contribution is -2.23. The summed E-state index contributed by atoms with van der Waals surface area (Å²) in [6.45, 7) is 2.99. The van der Waals surface area contributed by atoms with Crippen LogP contribution in [0, 0.1) is 17.0 Å². The van der Waals surface area contributed by atoms with Crippen molar-refractivity contribution in [2.45, 2.75) is 26.1 Å². The molecule has 0 atom stereocenters. The second kappa shape index (κ2) is 8.37. The second-order valence-corrected chi connectivity index (χ2v) is 5.56. The van der Waals surface area contributed by atoms with Gasteiger partial charge in [-0.05, 0) is 37.6 Å². The Bertz CT molecular complexity index is 769. The monoisotopic (exact) mass is 369 g/mol. The number of rotatable bonds is 8. The predicted molar refractivity (Wildman–Crippen MR) is 89.7 cm³/mol. The van der Waals surface area contributed by atoms with E-state index in [1.807, 2.05) is 17.7 Å². The van der Waals surface area contributed by atoms with Crippen LogP contribution >= 0.6 is 0 Å². The fraction of sp³-hybridized carbons (Fsp3) is 0.312. The van der Waals surface area contributed by atoms with Crippen molar-refractivity contribution in [3.63, 3.8) is 0 Å². The van der Waals surface area contributed by atoms with E-state index in [0.29, 0.717) is 25.2 Å². The summed E-state index contributed by atoms with van der Waals surface area (Å²) in [5, 5.41) is 16.3. The molecule has 0 unspecified atom stereocenters. The average molecular weight is 369 g/mol. The van der Waals surface area contributed by atoms with Gasteiger partial charge in [0.2, 0.25) is 0 Å². The quantitative estimate of drug-likeness (QED) is 0.423. The van der Waals surface area contributed by atoms with E-state index in [9.17, 15) is 23.3 Å². The van der Waals surface area contributed by atoms with Crippen LogP contribution in [0.15, 0.2) is 48.8 Å². The molecule has 0 saturated heterocycles. The summed E-state index contributed by atoms with van der Waals surface area (Å²) in [5.74, 6) is 0.0940. The van der Waals surface area contributed by atoms with Crippen LogP contribution in [0.25, 0.3) is 0 Å².